The van der Waals surface area contributed by atoms with Crippen LogP contribution in [0.15, 0.2) is 29.1 Å². The fourth-order valence-electron chi connectivity index (χ4n) is 3.83. The first-order chi connectivity index (χ1) is 16.1. The van der Waals surface area contributed by atoms with Crippen LogP contribution >= 0.6 is 11.3 Å². The van der Waals surface area contributed by atoms with Gasteiger partial charge < -0.3 is 15.5 Å². The van der Waals surface area contributed by atoms with Crippen molar-refractivity contribution < 1.29 is 4.79 Å². The Morgan fingerprint density at radius 1 is 1.24 bits per heavy atom. The van der Waals surface area contributed by atoms with Crippen LogP contribution in [0.3, 0.4) is 0 Å². The zero-order valence-electron chi connectivity index (χ0n) is 18.8. The highest BCUT2D eigenvalue weighted by atomic mass is 32.1. The van der Waals surface area contributed by atoms with E-state index in [-0.39, 0.29) is 22.3 Å². The van der Waals surface area contributed by atoms with E-state index in [1.165, 1.54) is 42.5 Å². The minimum Gasteiger partial charge on any atom is -0.360 e. The van der Waals surface area contributed by atoms with E-state index in [0.29, 0.717) is 11.1 Å². The predicted molar refractivity (Wildman–Crippen MR) is 130 cm³/mol. The average Bonchev–Trinajstić information content (AvgIpc) is 3.16. The number of benzene rings is 1. The minimum atomic E-state index is -0.664. The highest BCUT2D eigenvalue weighted by Gasteiger charge is 2.15. The number of carbonyl (C=O) groups is 1. The Labute approximate surface area is 197 Å². The lowest BCUT2D eigenvalue weighted by Gasteiger charge is -2.26. The van der Waals surface area contributed by atoms with Crippen LogP contribution in [0.1, 0.15) is 31.7 Å². The number of amides is 1. The van der Waals surface area contributed by atoms with Gasteiger partial charge in [0.15, 0.2) is 5.57 Å². The van der Waals surface area contributed by atoms with Gasteiger partial charge in [0, 0.05) is 25.0 Å². The van der Waals surface area contributed by atoms with Gasteiger partial charge in [0.05, 0.1) is 6.07 Å². The van der Waals surface area contributed by atoms with Crippen LogP contribution in [0.4, 0.5) is 5.69 Å². The van der Waals surface area contributed by atoms with Gasteiger partial charge in [-0.05, 0) is 57.0 Å². The van der Waals surface area contributed by atoms with Crippen molar-refractivity contribution in [2.75, 3.05) is 31.5 Å². The lowest BCUT2D eigenvalue weighted by molar-refractivity contribution is -0.115. The molecule has 3 rings (SSSR count). The molecule has 9 heteroatoms. The number of nitrogens with zero attached hydrogens (tertiary/aromatic N) is 4. The van der Waals surface area contributed by atoms with Crippen molar-refractivity contribution in [1.82, 2.24) is 14.8 Å². The molecule has 1 saturated heterocycles. The lowest BCUT2D eigenvalue weighted by atomic mass is 10.1. The van der Waals surface area contributed by atoms with Crippen molar-refractivity contribution in [3.63, 3.8) is 0 Å². The third kappa shape index (κ3) is 6.32. The standard InChI is InChI=1S/C24H28N6O2S/c1-2-30-23(32)21(33-24(30)20(16-26)22(31)27-11-10-25)17-28-19-8-6-7-18(15-19)9-14-29-12-4-3-5-13-29/h6-8,15,17,28H,2-5,9,11-14H2,1H3,(H,27,31). The Morgan fingerprint density at radius 3 is 2.73 bits per heavy atom. The van der Waals surface area contributed by atoms with Crippen molar-refractivity contribution in [2.24, 2.45) is 0 Å². The fourth-order valence-corrected chi connectivity index (χ4v) is 4.92. The number of piperidine rings is 1. The summed E-state index contributed by atoms with van der Waals surface area (Å²) in [5, 5.41) is 23.7. The Morgan fingerprint density at radius 2 is 2.03 bits per heavy atom. The molecule has 0 atom stereocenters. The number of aromatic nitrogens is 1. The van der Waals surface area contributed by atoms with E-state index >= 15 is 0 Å². The smallest absolute Gasteiger partial charge is 0.270 e. The molecule has 172 valence electrons. The molecule has 1 fully saturated rings. The minimum absolute atomic E-state index is 0.173. The molecule has 1 aromatic heterocycles. The summed E-state index contributed by atoms with van der Waals surface area (Å²) in [5.74, 6) is -0.664. The topological polar surface area (TPSA) is 114 Å². The van der Waals surface area contributed by atoms with E-state index in [4.69, 9.17) is 5.26 Å². The van der Waals surface area contributed by atoms with Crippen molar-refractivity contribution in [1.29, 1.82) is 10.5 Å². The van der Waals surface area contributed by atoms with Gasteiger partial charge >= 0.3 is 0 Å². The van der Waals surface area contributed by atoms with Crippen LogP contribution in [-0.4, -0.2) is 41.6 Å². The molecule has 2 heterocycles. The van der Waals surface area contributed by atoms with E-state index < -0.39 is 5.91 Å². The molecule has 8 nitrogen and oxygen atoms in total. The van der Waals surface area contributed by atoms with Crippen LogP contribution in [0.2, 0.25) is 0 Å². The number of nitriles is 2. The molecule has 0 radical (unpaired) electrons. The van der Waals surface area contributed by atoms with Gasteiger partial charge in [-0.1, -0.05) is 18.6 Å². The van der Waals surface area contributed by atoms with Gasteiger partial charge in [-0.15, -0.1) is 11.3 Å². The zero-order valence-corrected chi connectivity index (χ0v) is 19.6. The number of nitrogens with one attached hydrogen (secondary N) is 2. The maximum atomic E-state index is 12.8. The van der Waals surface area contributed by atoms with E-state index in [1.54, 1.807) is 19.2 Å². The summed E-state index contributed by atoms with van der Waals surface area (Å²) in [4.78, 5) is 27.6. The number of hydrogen-bond acceptors (Lipinski definition) is 7. The highest BCUT2D eigenvalue weighted by molar-refractivity contribution is 7.07. The molecule has 1 amide bonds. The second kappa shape index (κ2) is 12.0. The van der Waals surface area contributed by atoms with E-state index in [2.05, 4.69) is 27.7 Å². The molecular formula is C24H28N6O2S. The van der Waals surface area contributed by atoms with Crippen LogP contribution in [0.5, 0.6) is 0 Å². The predicted octanol–water partition coefficient (Wildman–Crippen LogP) is 1.12. The quantitative estimate of drug-likeness (QED) is 0.566. The molecule has 0 bridgehead atoms. The van der Waals surface area contributed by atoms with E-state index in [1.807, 2.05) is 18.2 Å². The number of hydrogen-bond donors (Lipinski definition) is 2. The zero-order chi connectivity index (χ0) is 23.6. The molecule has 1 aliphatic heterocycles. The molecular weight excluding hydrogens is 436 g/mol. The number of thiazole rings is 1. The fraction of sp³-hybridized carbons (Fsp3) is 0.417. The Bertz CT molecular complexity index is 1240. The molecule has 1 aliphatic rings. The Kier molecular flexibility index (Phi) is 8.82. The van der Waals surface area contributed by atoms with Crippen molar-refractivity contribution >= 4 is 34.7 Å². The molecule has 2 N–H and O–H groups in total. The first-order valence-corrected chi connectivity index (χ1v) is 12.0. The number of rotatable bonds is 8. The number of anilines is 1. The Hall–Kier alpha value is -3.40. The molecule has 0 saturated carbocycles. The molecule has 0 unspecified atom stereocenters. The van der Waals surface area contributed by atoms with Gasteiger partial charge in [-0.3, -0.25) is 14.2 Å². The monoisotopic (exact) mass is 464 g/mol. The van der Waals surface area contributed by atoms with Crippen molar-refractivity contribution in [2.45, 2.75) is 39.2 Å². The van der Waals surface area contributed by atoms with Gasteiger partial charge in [0.25, 0.3) is 11.5 Å². The summed E-state index contributed by atoms with van der Waals surface area (Å²) in [6, 6.07) is 11.8. The Balaban J connectivity index is 1.82. The average molecular weight is 465 g/mol. The summed E-state index contributed by atoms with van der Waals surface area (Å²) in [6.07, 6.45) is 6.47. The van der Waals surface area contributed by atoms with Crippen LogP contribution in [0, 0.1) is 22.7 Å². The molecule has 1 aromatic carbocycles. The first-order valence-electron chi connectivity index (χ1n) is 11.1. The van der Waals surface area contributed by atoms with E-state index in [9.17, 15) is 14.9 Å². The third-order valence-corrected chi connectivity index (χ3v) is 6.70. The second-order valence-corrected chi connectivity index (χ2v) is 8.82. The van der Waals surface area contributed by atoms with Crippen molar-refractivity contribution in [3.05, 3.63) is 49.4 Å². The largest absolute Gasteiger partial charge is 0.360 e. The maximum Gasteiger partial charge on any atom is 0.270 e. The molecule has 2 aromatic rings. The number of likely N-dealkylation sites (tertiary alicyclic amines) is 1. The highest BCUT2D eigenvalue weighted by Crippen LogP contribution is 2.13. The summed E-state index contributed by atoms with van der Waals surface area (Å²) in [6.45, 7) is 5.28. The maximum absolute atomic E-state index is 12.8. The summed E-state index contributed by atoms with van der Waals surface area (Å²) in [7, 11) is 0. The molecule has 0 spiro atoms. The third-order valence-electron chi connectivity index (χ3n) is 5.57. The van der Waals surface area contributed by atoms with Gasteiger partial charge in [0.1, 0.15) is 21.8 Å². The normalized spacial score (nSPS) is 15.4. The SMILES string of the molecule is CCn1c(=C(C#N)C(=O)NCC#N)sc(=CNc2cccc(CCN3CCCCC3)c2)c1=O. The van der Waals surface area contributed by atoms with Crippen LogP contribution < -0.4 is 25.4 Å². The van der Waals surface area contributed by atoms with Gasteiger partial charge in [-0.25, -0.2) is 0 Å². The summed E-state index contributed by atoms with van der Waals surface area (Å²) in [5.41, 5.74) is 1.66. The molecule has 33 heavy (non-hydrogen) atoms. The second-order valence-electron chi connectivity index (χ2n) is 7.79. The lowest BCUT2D eigenvalue weighted by Crippen LogP contribution is -2.34. The van der Waals surface area contributed by atoms with Crippen molar-refractivity contribution in [3.8, 4) is 12.1 Å². The summed E-state index contributed by atoms with van der Waals surface area (Å²) < 4.78 is 2.08. The van der Waals surface area contributed by atoms with Gasteiger partial charge in [0.2, 0.25) is 0 Å². The van der Waals surface area contributed by atoms with Crippen LogP contribution in [0.25, 0.3) is 11.8 Å². The van der Waals surface area contributed by atoms with E-state index in [0.717, 1.165) is 30.0 Å². The van der Waals surface area contributed by atoms with Gasteiger partial charge in [-0.2, -0.15) is 10.5 Å². The van der Waals surface area contributed by atoms with Crippen LogP contribution in [-0.2, 0) is 17.8 Å². The number of carbonyl (C=O) groups excluding carboxylic acids is 1. The molecule has 0 aliphatic carbocycles. The first kappa shape index (κ1) is 24.2. The summed E-state index contributed by atoms with van der Waals surface area (Å²) >= 11 is 1.08.